The number of methoxy groups -OCH3 is 2. The van der Waals surface area contributed by atoms with Gasteiger partial charge in [0, 0.05) is 12.8 Å². The van der Waals surface area contributed by atoms with E-state index in [1.165, 1.54) is 7.11 Å². The number of ether oxygens (including phenoxy) is 4. The van der Waals surface area contributed by atoms with E-state index in [1.807, 2.05) is 24.3 Å². The normalized spacial score (nSPS) is 22.6. The van der Waals surface area contributed by atoms with E-state index in [4.69, 9.17) is 23.8 Å². The van der Waals surface area contributed by atoms with Crippen LogP contribution in [0.4, 0.5) is 0 Å². The average Bonchev–Trinajstić information content (AvgIpc) is 2.74. The quantitative estimate of drug-likeness (QED) is 0.262. The Labute approximate surface area is 166 Å². The Morgan fingerprint density at radius 2 is 1.86 bits per heavy atom. The lowest BCUT2D eigenvalue weighted by molar-refractivity contribution is -0.272. The van der Waals surface area contributed by atoms with Crippen LogP contribution in [0.1, 0.15) is 45.1 Å². The van der Waals surface area contributed by atoms with Crippen molar-refractivity contribution in [3.05, 3.63) is 29.8 Å². The van der Waals surface area contributed by atoms with Crippen LogP contribution in [0.25, 0.3) is 0 Å². The maximum absolute atomic E-state index is 11.6. The minimum absolute atomic E-state index is 0.270. The van der Waals surface area contributed by atoms with Crippen molar-refractivity contribution in [2.45, 2.75) is 45.3 Å². The summed E-state index contributed by atoms with van der Waals surface area (Å²) in [6.45, 7) is 5.19. The molecule has 0 atom stereocenters. The molecule has 156 valence electrons. The first-order valence-corrected chi connectivity index (χ1v) is 9.72. The molecule has 0 aliphatic carbocycles. The molecule has 1 aliphatic rings. The fraction of sp³-hybridized carbons (Fsp3) is 0.619. The summed E-state index contributed by atoms with van der Waals surface area (Å²) in [5.41, 5.74) is 1.95. The third kappa shape index (κ3) is 6.21. The molecule has 0 bridgehead atoms. The van der Waals surface area contributed by atoms with Crippen LogP contribution in [-0.2, 0) is 23.8 Å². The van der Waals surface area contributed by atoms with E-state index in [-0.39, 0.29) is 5.92 Å². The lowest BCUT2D eigenvalue weighted by atomic mass is 10.0. The van der Waals surface area contributed by atoms with Crippen LogP contribution in [0.3, 0.4) is 0 Å². The molecule has 1 aromatic rings. The van der Waals surface area contributed by atoms with E-state index in [0.717, 1.165) is 42.7 Å². The van der Waals surface area contributed by atoms with Gasteiger partial charge in [0.15, 0.2) is 0 Å². The summed E-state index contributed by atoms with van der Waals surface area (Å²) >= 11 is 0. The summed E-state index contributed by atoms with van der Waals surface area (Å²) in [7, 11) is 2.98. The number of carbonyl (C=O) groups is 1. The number of hydrogen-bond donors (Lipinski definition) is 0. The molecule has 0 radical (unpaired) electrons. The zero-order valence-corrected chi connectivity index (χ0v) is 17.2. The average molecular weight is 393 g/mol. The Bertz CT molecular complexity index is 635. The molecular formula is C21H31NO6. The van der Waals surface area contributed by atoms with E-state index in [1.54, 1.807) is 14.0 Å². The molecule has 7 heteroatoms. The second kappa shape index (κ2) is 11.0. The van der Waals surface area contributed by atoms with Crippen LogP contribution in [0, 0.1) is 5.92 Å². The van der Waals surface area contributed by atoms with Gasteiger partial charge in [0.2, 0.25) is 0 Å². The summed E-state index contributed by atoms with van der Waals surface area (Å²) in [5.74, 6) is -0.684. The summed E-state index contributed by atoms with van der Waals surface area (Å²) in [5, 5.41) is 4.28. The number of esters is 1. The monoisotopic (exact) mass is 393 g/mol. The van der Waals surface area contributed by atoms with Gasteiger partial charge in [0.1, 0.15) is 12.4 Å². The van der Waals surface area contributed by atoms with E-state index < -0.39 is 11.8 Å². The van der Waals surface area contributed by atoms with Gasteiger partial charge in [0.25, 0.3) is 5.79 Å². The molecule has 1 heterocycles. The lowest BCUT2D eigenvalue weighted by Crippen LogP contribution is -2.48. The van der Waals surface area contributed by atoms with Crippen molar-refractivity contribution in [3.63, 3.8) is 0 Å². The predicted octanol–water partition coefficient (Wildman–Crippen LogP) is 3.55. The summed E-state index contributed by atoms with van der Waals surface area (Å²) < 4.78 is 21.0. The van der Waals surface area contributed by atoms with Crippen LogP contribution in [-0.4, -0.2) is 51.5 Å². The van der Waals surface area contributed by atoms with Crippen molar-refractivity contribution in [3.8, 4) is 5.75 Å². The minimum Gasteiger partial charge on any atom is -0.497 e. The number of carbonyl (C=O) groups excluding carboxylic acids is 1. The van der Waals surface area contributed by atoms with Crippen LogP contribution in [0.5, 0.6) is 5.75 Å². The highest BCUT2D eigenvalue weighted by molar-refractivity contribution is 6.00. The molecule has 7 nitrogen and oxygen atoms in total. The van der Waals surface area contributed by atoms with Gasteiger partial charge in [-0.05, 0) is 55.5 Å². The van der Waals surface area contributed by atoms with Crippen LogP contribution in [0.15, 0.2) is 29.4 Å². The number of hydrogen-bond acceptors (Lipinski definition) is 7. The Hall–Kier alpha value is -2.12. The topological polar surface area (TPSA) is 75.6 Å². The second-order valence-corrected chi connectivity index (χ2v) is 6.87. The SMILES string of the molecule is CCC(=NOCCCCC1COC(C)(C(=O)OC)OC1)c1ccc(OC)cc1. The number of oxime groups is 1. The molecule has 1 saturated heterocycles. The number of benzene rings is 1. The van der Waals surface area contributed by atoms with Gasteiger partial charge in [-0.2, -0.15) is 0 Å². The third-order valence-corrected chi connectivity index (χ3v) is 4.78. The zero-order valence-electron chi connectivity index (χ0n) is 17.2. The number of rotatable bonds is 10. The second-order valence-electron chi connectivity index (χ2n) is 6.87. The van der Waals surface area contributed by atoms with Crippen LogP contribution < -0.4 is 4.74 Å². The lowest BCUT2D eigenvalue weighted by Gasteiger charge is -2.35. The highest BCUT2D eigenvalue weighted by Gasteiger charge is 2.41. The minimum atomic E-state index is -1.28. The Morgan fingerprint density at radius 3 is 2.43 bits per heavy atom. The molecule has 0 amide bonds. The van der Waals surface area contributed by atoms with Crippen molar-refractivity contribution in [2.75, 3.05) is 34.0 Å². The maximum atomic E-state index is 11.6. The van der Waals surface area contributed by atoms with Crippen molar-refractivity contribution in [2.24, 2.45) is 11.1 Å². The molecule has 0 unspecified atom stereocenters. The molecule has 2 rings (SSSR count). The summed E-state index contributed by atoms with van der Waals surface area (Å²) in [6.07, 6.45) is 3.62. The van der Waals surface area contributed by atoms with Gasteiger partial charge in [-0.1, -0.05) is 12.1 Å². The van der Waals surface area contributed by atoms with Crippen molar-refractivity contribution >= 4 is 11.7 Å². The smallest absolute Gasteiger partial charge is 0.366 e. The van der Waals surface area contributed by atoms with Gasteiger partial charge in [-0.25, -0.2) is 4.79 Å². The van der Waals surface area contributed by atoms with E-state index in [9.17, 15) is 4.79 Å². The Kier molecular flexibility index (Phi) is 8.73. The first-order valence-electron chi connectivity index (χ1n) is 9.72. The largest absolute Gasteiger partial charge is 0.497 e. The first-order chi connectivity index (χ1) is 13.5. The Balaban J connectivity index is 1.66. The van der Waals surface area contributed by atoms with Crippen LogP contribution in [0.2, 0.25) is 0 Å². The van der Waals surface area contributed by atoms with Gasteiger partial charge in [-0.15, -0.1) is 0 Å². The number of nitrogens with zero attached hydrogens (tertiary/aromatic N) is 1. The molecule has 28 heavy (non-hydrogen) atoms. The molecule has 0 spiro atoms. The summed E-state index contributed by atoms with van der Waals surface area (Å²) in [4.78, 5) is 17.1. The standard InChI is InChI=1S/C21H31NO6/c1-5-19(17-9-11-18(24-3)12-10-17)22-28-13-7-6-8-16-14-26-21(2,27-15-16)20(23)25-4/h9-12,16H,5-8,13-15H2,1-4H3. The number of unbranched alkanes of at least 4 members (excludes halogenated alkanes) is 1. The maximum Gasteiger partial charge on any atom is 0.366 e. The highest BCUT2D eigenvalue weighted by Crippen LogP contribution is 2.25. The Morgan fingerprint density at radius 1 is 1.18 bits per heavy atom. The van der Waals surface area contributed by atoms with Gasteiger partial charge < -0.3 is 23.8 Å². The highest BCUT2D eigenvalue weighted by atomic mass is 16.7. The van der Waals surface area contributed by atoms with Crippen molar-refractivity contribution in [1.29, 1.82) is 0 Å². The molecule has 0 aromatic heterocycles. The van der Waals surface area contributed by atoms with Crippen LogP contribution >= 0.6 is 0 Å². The predicted molar refractivity (Wildman–Crippen MR) is 105 cm³/mol. The van der Waals surface area contributed by atoms with E-state index in [2.05, 4.69) is 12.1 Å². The molecule has 0 N–H and O–H groups in total. The zero-order chi connectivity index (χ0) is 20.4. The fourth-order valence-corrected chi connectivity index (χ4v) is 2.94. The molecule has 1 aromatic carbocycles. The molecule has 0 saturated carbocycles. The van der Waals surface area contributed by atoms with Gasteiger partial charge in [-0.3, -0.25) is 0 Å². The molecule has 1 fully saturated rings. The molecule has 1 aliphatic heterocycles. The van der Waals surface area contributed by atoms with Crippen molar-refractivity contribution < 1.29 is 28.6 Å². The van der Waals surface area contributed by atoms with Gasteiger partial charge >= 0.3 is 5.97 Å². The van der Waals surface area contributed by atoms with E-state index >= 15 is 0 Å². The fourth-order valence-electron chi connectivity index (χ4n) is 2.94. The van der Waals surface area contributed by atoms with Crippen molar-refractivity contribution in [1.82, 2.24) is 0 Å². The summed E-state index contributed by atoms with van der Waals surface area (Å²) in [6, 6.07) is 7.80. The third-order valence-electron chi connectivity index (χ3n) is 4.78. The molecular weight excluding hydrogens is 362 g/mol. The van der Waals surface area contributed by atoms with Gasteiger partial charge in [0.05, 0.1) is 33.1 Å². The van der Waals surface area contributed by atoms with E-state index in [0.29, 0.717) is 19.8 Å². The first kappa shape index (κ1) is 22.2.